The van der Waals surface area contributed by atoms with Gasteiger partial charge in [0.2, 0.25) is 0 Å². The standard InChI is InChI=1S/C14H24N2/c1-11(2)9-14(10-15)16-12(3)13-7-5-4-6-8-13/h4-8,11-12,14,16H,9-10,15H2,1-3H3. The van der Waals surface area contributed by atoms with E-state index in [1.807, 2.05) is 6.07 Å². The lowest BCUT2D eigenvalue weighted by Gasteiger charge is -2.23. The van der Waals surface area contributed by atoms with Crippen LogP contribution in [0.25, 0.3) is 0 Å². The van der Waals surface area contributed by atoms with E-state index >= 15 is 0 Å². The van der Waals surface area contributed by atoms with Crippen LogP contribution in [0.3, 0.4) is 0 Å². The van der Waals surface area contributed by atoms with E-state index in [1.54, 1.807) is 0 Å². The van der Waals surface area contributed by atoms with E-state index in [4.69, 9.17) is 5.73 Å². The van der Waals surface area contributed by atoms with Crippen LogP contribution in [0.5, 0.6) is 0 Å². The molecule has 2 heteroatoms. The zero-order chi connectivity index (χ0) is 12.0. The lowest BCUT2D eigenvalue weighted by molar-refractivity contribution is 0.390. The van der Waals surface area contributed by atoms with Crippen LogP contribution in [0.2, 0.25) is 0 Å². The monoisotopic (exact) mass is 220 g/mol. The summed E-state index contributed by atoms with van der Waals surface area (Å²) < 4.78 is 0. The zero-order valence-corrected chi connectivity index (χ0v) is 10.6. The van der Waals surface area contributed by atoms with Crippen molar-refractivity contribution in [2.75, 3.05) is 6.54 Å². The maximum atomic E-state index is 5.78. The lowest BCUT2D eigenvalue weighted by Crippen LogP contribution is -2.38. The summed E-state index contributed by atoms with van der Waals surface area (Å²) >= 11 is 0. The van der Waals surface area contributed by atoms with E-state index in [9.17, 15) is 0 Å². The van der Waals surface area contributed by atoms with Gasteiger partial charge in [0.15, 0.2) is 0 Å². The van der Waals surface area contributed by atoms with Gasteiger partial charge in [-0.3, -0.25) is 0 Å². The molecule has 2 unspecified atom stereocenters. The first-order valence-electron chi connectivity index (χ1n) is 6.14. The van der Waals surface area contributed by atoms with Gasteiger partial charge in [-0.05, 0) is 24.8 Å². The van der Waals surface area contributed by atoms with Gasteiger partial charge in [0, 0.05) is 18.6 Å². The Morgan fingerprint density at radius 1 is 1.12 bits per heavy atom. The van der Waals surface area contributed by atoms with Crippen LogP contribution < -0.4 is 11.1 Å². The second-order valence-corrected chi connectivity index (χ2v) is 4.86. The fourth-order valence-electron chi connectivity index (χ4n) is 1.99. The van der Waals surface area contributed by atoms with Crippen LogP contribution in [0.15, 0.2) is 30.3 Å². The van der Waals surface area contributed by atoms with Crippen LogP contribution in [0, 0.1) is 5.92 Å². The maximum absolute atomic E-state index is 5.78. The number of benzene rings is 1. The van der Waals surface area contributed by atoms with Crippen LogP contribution in [-0.2, 0) is 0 Å². The van der Waals surface area contributed by atoms with Gasteiger partial charge in [-0.1, -0.05) is 44.2 Å². The largest absolute Gasteiger partial charge is 0.329 e. The van der Waals surface area contributed by atoms with Crippen molar-refractivity contribution in [3.63, 3.8) is 0 Å². The molecule has 1 aromatic rings. The Labute approximate surface area is 99.2 Å². The summed E-state index contributed by atoms with van der Waals surface area (Å²) in [5.41, 5.74) is 7.11. The van der Waals surface area contributed by atoms with Crippen molar-refractivity contribution < 1.29 is 0 Å². The molecule has 0 spiro atoms. The molecule has 3 N–H and O–H groups in total. The molecule has 0 aromatic heterocycles. The molecule has 2 nitrogen and oxygen atoms in total. The highest BCUT2D eigenvalue weighted by Crippen LogP contribution is 2.14. The molecule has 0 heterocycles. The predicted octanol–water partition coefficient (Wildman–Crippen LogP) is 2.71. The van der Waals surface area contributed by atoms with Crippen molar-refractivity contribution in [3.8, 4) is 0 Å². The molecule has 0 radical (unpaired) electrons. The van der Waals surface area contributed by atoms with E-state index in [-0.39, 0.29) is 0 Å². The molecule has 0 amide bonds. The topological polar surface area (TPSA) is 38.0 Å². The summed E-state index contributed by atoms with van der Waals surface area (Å²) in [6, 6.07) is 11.3. The average Bonchev–Trinajstić information content (AvgIpc) is 2.28. The van der Waals surface area contributed by atoms with Crippen LogP contribution in [0.4, 0.5) is 0 Å². The van der Waals surface area contributed by atoms with E-state index in [2.05, 4.69) is 50.4 Å². The fraction of sp³-hybridized carbons (Fsp3) is 0.571. The summed E-state index contributed by atoms with van der Waals surface area (Å²) in [5, 5.41) is 3.59. The van der Waals surface area contributed by atoms with Gasteiger partial charge in [-0.2, -0.15) is 0 Å². The third-order valence-electron chi connectivity index (χ3n) is 2.83. The maximum Gasteiger partial charge on any atom is 0.0294 e. The van der Waals surface area contributed by atoms with Gasteiger partial charge < -0.3 is 11.1 Å². The minimum absolute atomic E-state index is 0.369. The van der Waals surface area contributed by atoms with Crippen molar-refractivity contribution in [1.82, 2.24) is 5.32 Å². The minimum atomic E-state index is 0.369. The third kappa shape index (κ3) is 4.33. The van der Waals surface area contributed by atoms with Crippen molar-refractivity contribution >= 4 is 0 Å². The van der Waals surface area contributed by atoms with E-state index < -0.39 is 0 Å². The van der Waals surface area contributed by atoms with Crippen molar-refractivity contribution in [2.45, 2.75) is 39.3 Å². The molecular formula is C14H24N2. The number of nitrogens with one attached hydrogen (secondary N) is 1. The highest BCUT2D eigenvalue weighted by atomic mass is 15.0. The molecule has 90 valence electrons. The van der Waals surface area contributed by atoms with Crippen LogP contribution >= 0.6 is 0 Å². The molecule has 1 aromatic carbocycles. The third-order valence-corrected chi connectivity index (χ3v) is 2.83. The molecule has 0 saturated heterocycles. The van der Waals surface area contributed by atoms with Crippen molar-refractivity contribution in [1.29, 1.82) is 0 Å². The number of nitrogens with two attached hydrogens (primary N) is 1. The summed E-state index contributed by atoms with van der Waals surface area (Å²) in [7, 11) is 0. The Kier molecular flexibility index (Phi) is 5.50. The first-order chi connectivity index (χ1) is 7.63. The van der Waals surface area contributed by atoms with Gasteiger partial charge in [-0.15, -0.1) is 0 Å². The van der Waals surface area contributed by atoms with E-state index in [0.29, 0.717) is 24.5 Å². The zero-order valence-electron chi connectivity index (χ0n) is 10.6. The van der Waals surface area contributed by atoms with Gasteiger partial charge >= 0.3 is 0 Å². The van der Waals surface area contributed by atoms with Crippen molar-refractivity contribution in [3.05, 3.63) is 35.9 Å². The Morgan fingerprint density at radius 2 is 1.75 bits per heavy atom. The Morgan fingerprint density at radius 3 is 2.25 bits per heavy atom. The Balaban J connectivity index is 2.52. The van der Waals surface area contributed by atoms with E-state index in [0.717, 1.165) is 6.42 Å². The molecule has 0 aliphatic heterocycles. The summed E-state index contributed by atoms with van der Waals surface area (Å²) in [6.45, 7) is 7.36. The van der Waals surface area contributed by atoms with E-state index in [1.165, 1.54) is 5.56 Å². The number of hydrogen-bond donors (Lipinski definition) is 2. The Hall–Kier alpha value is -0.860. The second-order valence-electron chi connectivity index (χ2n) is 4.86. The molecule has 1 rings (SSSR count). The molecule has 2 atom stereocenters. The second kappa shape index (κ2) is 6.66. The molecule has 0 aliphatic carbocycles. The summed E-state index contributed by atoms with van der Waals surface area (Å²) in [5.74, 6) is 0.684. The Bertz CT molecular complexity index is 282. The predicted molar refractivity (Wildman–Crippen MR) is 70.3 cm³/mol. The normalized spacial score (nSPS) is 15.1. The minimum Gasteiger partial charge on any atom is -0.329 e. The lowest BCUT2D eigenvalue weighted by atomic mass is 10.0. The van der Waals surface area contributed by atoms with Gasteiger partial charge in [0.1, 0.15) is 0 Å². The molecule has 0 fully saturated rings. The molecule has 0 aliphatic rings. The molecule has 0 saturated carbocycles. The fourth-order valence-corrected chi connectivity index (χ4v) is 1.99. The van der Waals surface area contributed by atoms with Crippen LogP contribution in [0.1, 0.15) is 38.8 Å². The molecule has 0 bridgehead atoms. The SMILES string of the molecule is CC(C)CC(CN)NC(C)c1ccccc1. The van der Waals surface area contributed by atoms with Crippen LogP contribution in [-0.4, -0.2) is 12.6 Å². The average molecular weight is 220 g/mol. The summed E-state index contributed by atoms with van der Waals surface area (Å²) in [4.78, 5) is 0. The van der Waals surface area contributed by atoms with Gasteiger partial charge in [-0.25, -0.2) is 0 Å². The van der Waals surface area contributed by atoms with Crippen molar-refractivity contribution in [2.24, 2.45) is 11.7 Å². The highest BCUT2D eigenvalue weighted by Gasteiger charge is 2.12. The quantitative estimate of drug-likeness (QED) is 0.773. The van der Waals surface area contributed by atoms with Gasteiger partial charge in [0.05, 0.1) is 0 Å². The summed E-state index contributed by atoms with van der Waals surface area (Å²) in [6.07, 6.45) is 1.13. The highest BCUT2D eigenvalue weighted by molar-refractivity contribution is 5.18. The first kappa shape index (κ1) is 13.2. The van der Waals surface area contributed by atoms with Gasteiger partial charge in [0.25, 0.3) is 0 Å². The smallest absolute Gasteiger partial charge is 0.0294 e. The molecule has 16 heavy (non-hydrogen) atoms. The number of hydrogen-bond acceptors (Lipinski definition) is 2. The number of rotatable bonds is 6. The first-order valence-corrected chi connectivity index (χ1v) is 6.14. The molecular weight excluding hydrogens is 196 g/mol.